The van der Waals surface area contributed by atoms with Crippen LogP contribution in [0.2, 0.25) is 0 Å². The summed E-state index contributed by atoms with van der Waals surface area (Å²) >= 11 is 0. The number of nitrogens with two attached hydrogens (primary N) is 1. The molecule has 0 unspecified atom stereocenters. The van der Waals surface area contributed by atoms with Crippen molar-refractivity contribution in [3.8, 4) is 11.9 Å². The van der Waals surface area contributed by atoms with Crippen LogP contribution in [0, 0.1) is 18.3 Å². The lowest BCUT2D eigenvalue weighted by atomic mass is 10.4. The maximum absolute atomic E-state index is 8.72. The van der Waals surface area contributed by atoms with E-state index >= 15 is 0 Å². The lowest BCUT2D eigenvalue weighted by Gasteiger charge is -1.99. The molecule has 0 radical (unpaired) electrons. The monoisotopic (exact) mass is 200 g/mol. The van der Waals surface area contributed by atoms with Gasteiger partial charge in [-0.1, -0.05) is 0 Å². The van der Waals surface area contributed by atoms with E-state index in [4.69, 9.17) is 11.0 Å². The average Bonchev–Trinajstić information content (AvgIpc) is 2.60. The van der Waals surface area contributed by atoms with Crippen LogP contribution in [0.1, 0.15) is 11.3 Å². The third-order valence-corrected chi connectivity index (χ3v) is 1.89. The first-order valence-electron chi connectivity index (χ1n) is 4.25. The summed E-state index contributed by atoms with van der Waals surface area (Å²) in [7, 11) is 0. The summed E-state index contributed by atoms with van der Waals surface area (Å²) < 4.78 is 1.46. The second-order valence-electron chi connectivity index (χ2n) is 3.00. The fraction of sp³-hybridized carbons (Fsp3) is 0.111. The summed E-state index contributed by atoms with van der Waals surface area (Å²) in [5, 5.41) is 12.7. The molecule has 0 atom stereocenters. The van der Waals surface area contributed by atoms with Gasteiger partial charge in [0.1, 0.15) is 18.0 Å². The second-order valence-corrected chi connectivity index (χ2v) is 3.00. The van der Waals surface area contributed by atoms with E-state index in [1.165, 1.54) is 17.2 Å². The Bertz CT molecular complexity index is 536. The quantitative estimate of drug-likeness (QED) is 0.720. The highest BCUT2D eigenvalue weighted by atomic mass is 15.3. The minimum absolute atomic E-state index is 0.203. The molecule has 0 spiro atoms. The summed E-state index contributed by atoms with van der Waals surface area (Å²) in [5.74, 6) is 0.796. The number of hydrogen-bond acceptors (Lipinski definition) is 5. The third kappa shape index (κ3) is 1.62. The Kier molecular flexibility index (Phi) is 2.06. The Morgan fingerprint density at radius 3 is 2.87 bits per heavy atom. The predicted octanol–water partition coefficient (Wildman–Crippen LogP) is 0.425. The molecule has 74 valence electrons. The van der Waals surface area contributed by atoms with Gasteiger partial charge in [0.15, 0.2) is 11.6 Å². The molecule has 0 aliphatic rings. The van der Waals surface area contributed by atoms with Gasteiger partial charge < -0.3 is 5.73 Å². The van der Waals surface area contributed by atoms with Crippen LogP contribution >= 0.6 is 0 Å². The number of anilines is 1. The summed E-state index contributed by atoms with van der Waals surface area (Å²) in [4.78, 5) is 7.99. The molecular weight excluding hydrogens is 192 g/mol. The SMILES string of the molecule is Cc1cc(-n2cc(C#N)c(N)n2)ncn1. The maximum Gasteiger partial charge on any atom is 0.163 e. The number of hydrogen-bond donors (Lipinski definition) is 1. The molecule has 0 fully saturated rings. The van der Waals surface area contributed by atoms with Crippen LogP contribution in [0.15, 0.2) is 18.6 Å². The molecule has 6 heteroatoms. The zero-order chi connectivity index (χ0) is 10.8. The van der Waals surface area contributed by atoms with Crippen molar-refractivity contribution in [1.29, 1.82) is 5.26 Å². The standard InChI is InChI=1S/C9H8N6/c1-6-2-8(13-5-12-6)15-4-7(3-10)9(11)14-15/h2,4-5H,1H3,(H2,11,14). The van der Waals surface area contributed by atoms with Crippen LogP contribution in [-0.4, -0.2) is 19.7 Å². The first-order chi connectivity index (χ1) is 7.20. The van der Waals surface area contributed by atoms with E-state index in [0.29, 0.717) is 11.4 Å². The zero-order valence-corrected chi connectivity index (χ0v) is 8.05. The smallest absolute Gasteiger partial charge is 0.163 e. The van der Waals surface area contributed by atoms with Crippen LogP contribution in [0.5, 0.6) is 0 Å². The summed E-state index contributed by atoms with van der Waals surface area (Å²) in [6, 6.07) is 3.71. The van der Waals surface area contributed by atoms with E-state index in [2.05, 4.69) is 15.1 Å². The highest BCUT2D eigenvalue weighted by molar-refractivity contribution is 5.48. The number of nitrogen functional groups attached to an aromatic ring is 1. The van der Waals surface area contributed by atoms with Gasteiger partial charge in [0.25, 0.3) is 0 Å². The normalized spacial score (nSPS) is 9.87. The van der Waals surface area contributed by atoms with E-state index < -0.39 is 0 Å². The first kappa shape index (κ1) is 9.15. The molecule has 0 bridgehead atoms. The minimum Gasteiger partial charge on any atom is -0.381 e. The summed E-state index contributed by atoms with van der Waals surface area (Å²) in [5.41, 5.74) is 6.70. The van der Waals surface area contributed by atoms with E-state index in [9.17, 15) is 0 Å². The molecule has 0 aliphatic carbocycles. The van der Waals surface area contributed by atoms with Crippen LogP contribution in [-0.2, 0) is 0 Å². The van der Waals surface area contributed by atoms with Gasteiger partial charge in [0, 0.05) is 11.8 Å². The van der Waals surface area contributed by atoms with Crippen molar-refractivity contribution in [3.63, 3.8) is 0 Å². The molecule has 0 saturated heterocycles. The largest absolute Gasteiger partial charge is 0.381 e. The molecule has 0 aliphatic heterocycles. The Balaban J connectivity index is 2.51. The van der Waals surface area contributed by atoms with Crippen molar-refractivity contribution >= 4 is 5.82 Å². The Morgan fingerprint density at radius 1 is 1.47 bits per heavy atom. The molecular formula is C9H8N6. The Hall–Kier alpha value is -2.42. The lowest BCUT2D eigenvalue weighted by Crippen LogP contribution is -2.00. The van der Waals surface area contributed by atoms with Crippen molar-refractivity contribution in [3.05, 3.63) is 29.8 Å². The molecule has 0 saturated carbocycles. The molecule has 0 aromatic carbocycles. The van der Waals surface area contributed by atoms with Crippen molar-refractivity contribution in [1.82, 2.24) is 19.7 Å². The summed E-state index contributed by atoms with van der Waals surface area (Å²) in [6.07, 6.45) is 2.98. The lowest BCUT2D eigenvalue weighted by molar-refractivity contribution is 0.839. The minimum atomic E-state index is 0.203. The van der Waals surface area contributed by atoms with E-state index in [0.717, 1.165) is 5.69 Å². The van der Waals surface area contributed by atoms with Crippen LogP contribution in [0.3, 0.4) is 0 Å². The van der Waals surface area contributed by atoms with Gasteiger partial charge in [-0.3, -0.25) is 0 Å². The van der Waals surface area contributed by atoms with Crippen LogP contribution in [0.25, 0.3) is 5.82 Å². The van der Waals surface area contributed by atoms with Gasteiger partial charge in [0.05, 0.1) is 6.20 Å². The van der Waals surface area contributed by atoms with E-state index in [-0.39, 0.29) is 5.82 Å². The second kappa shape index (κ2) is 3.38. The van der Waals surface area contributed by atoms with Crippen LogP contribution < -0.4 is 5.73 Å². The predicted molar refractivity (Wildman–Crippen MR) is 53.0 cm³/mol. The molecule has 15 heavy (non-hydrogen) atoms. The van der Waals surface area contributed by atoms with Gasteiger partial charge in [-0.25, -0.2) is 14.6 Å². The van der Waals surface area contributed by atoms with Crippen LogP contribution in [0.4, 0.5) is 5.82 Å². The molecule has 2 N–H and O–H groups in total. The maximum atomic E-state index is 8.72. The highest BCUT2D eigenvalue weighted by Crippen LogP contribution is 2.11. The van der Waals surface area contributed by atoms with Crippen molar-refractivity contribution < 1.29 is 0 Å². The van der Waals surface area contributed by atoms with Gasteiger partial charge in [-0.05, 0) is 6.92 Å². The van der Waals surface area contributed by atoms with E-state index in [1.807, 2.05) is 13.0 Å². The Morgan fingerprint density at radius 2 is 2.27 bits per heavy atom. The number of nitriles is 1. The molecule has 6 nitrogen and oxygen atoms in total. The first-order valence-corrected chi connectivity index (χ1v) is 4.25. The third-order valence-electron chi connectivity index (χ3n) is 1.89. The fourth-order valence-corrected chi connectivity index (χ4v) is 1.16. The highest BCUT2D eigenvalue weighted by Gasteiger charge is 2.06. The summed E-state index contributed by atoms with van der Waals surface area (Å²) in [6.45, 7) is 1.85. The van der Waals surface area contributed by atoms with Crippen molar-refractivity contribution in [2.45, 2.75) is 6.92 Å². The van der Waals surface area contributed by atoms with Gasteiger partial charge in [-0.15, -0.1) is 5.10 Å². The zero-order valence-electron chi connectivity index (χ0n) is 8.05. The molecule has 2 aromatic heterocycles. The molecule has 2 heterocycles. The molecule has 0 amide bonds. The molecule has 2 aromatic rings. The Labute approximate surface area is 86.0 Å². The van der Waals surface area contributed by atoms with Crippen molar-refractivity contribution in [2.75, 3.05) is 5.73 Å². The molecule has 2 rings (SSSR count). The number of rotatable bonds is 1. The topological polar surface area (TPSA) is 93.4 Å². The fourth-order valence-electron chi connectivity index (χ4n) is 1.16. The van der Waals surface area contributed by atoms with E-state index in [1.54, 1.807) is 6.07 Å². The number of nitrogens with zero attached hydrogens (tertiary/aromatic N) is 5. The van der Waals surface area contributed by atoms with Crippen molar-refractivity contribution in [2.24, 2.45) is 0 Å². The number of aromatic nitrogens is 4. The van der Waals surface area contributed by atoms with Gasteiger partial charge in [0.2, 0.25) is 0 Å². The number of aryl methyl sites for hydroxylation is 1. The van der Waals surface area contributed by atoms with Gasteiger partial charge in [-0.2, -0.15) is 5.26 Å². The average molecular weight is 200 g/mol. The van der Waals surface area contributed by atoms with Gasteiger partial charge >= 0.3 is 0 Å².